The average molecular weight is 449 g/mol. The fourth-order valence-electron chi connectivity index (χ4n) is 4.72. The van der Waals surface area contributed by atoms with Gasteiger partial charge in [0.2, 0.25) is 11.8 Å². The van der Waals surface area contributed by atoms with E-state index in [1.165, 1.54) is 10.5 Å². The number of hydrogen-bond acceptors (Lipinski definition) is 4. The minimum absolute atomic E-state index is 0.0558. The Morgan fingerprint density at radius 2 is 1.82 bits per heavy atom. The van der Waals surface area contributed by atoms with Gasteiger partial charge < -0.3 is 20.9 Å². The van der Waals surface area contributed by atoms with Gasteiger partial charge in [-0.2, -0.15) is 0 Å². The standard InChI is InChI=1S/C26H32N4O3/c1-25(2,3)13-16-6-11-20-19(12-16)26(24(33)29-20)14-21(27-15-26)22(31)28-18-9-7-17(8-10-18)23(32)30(4)5/h6-12,21,27H,13-15H2,1-5H3,(H,28,31)(H,29,33). The van der Waals surface area contributed by atoms with Crippen molar-refractivity contribution in [1.82, 2.24) is 10.2 Å². The molecule has 1 fully saturated rings. The third kappa shape index (κ3) is 4.50. The van der Waals surface area contributed by atoms with Crippen molar-refractivity contribution in [2.75, 3.05) is 31.3 Å². The van der Waals surface area contributed by atoms with Crippen LogP contribution in [-0.4, -0.2) is 49.3 Å². The molecule has 2 atom stereocenters. The van der Waals surface area contributed by atoms with Crippen molar-refractivity contribution in [3.05, 3.63) is 59.2 Å². The monoisotopic (exact) mass is 448 g/mol. The van der Waals surface area contributed by atoms with Gasteiger partial charge in [-0.1, -0.05) is 32.9 Å². The van der Waals surface area contributed by atoms with Crippen molar-refractivity contribution >= 4 is 29.1 Å². The number of amides is 3. The molecular formula is C26H32N4O3. The molecule has 2 aliphatic heterocycles. The summed E-state index contributed by atoms with van der Waals surface area (Å²) in [5.41, 5.74) is 3.57. The number of nitrogens with zero attached hydrogens (tertiary/aromatic N) is 1. The fourth-order valence-corrected chi connectivity index (χ4v) is 4.72. The van der Waals surface area contributed by atoms with Gasteiger partial charge in [0.25, 0.3) is 5.91 Å². The first-order valence-corrected chi connectivity index (χ1v) is 11.3. The van der Waals surface area contributed by atoms with Crippen molar-refractivity contribution in [2.45, 2.75) is 45.1 Å². The molecular weight excluding hydrogens is 416 g/mol. The topological polar surface area (TPSA) is 90.5 Å². The first kappa shape index (κ1) is 23.0. The van der Waals surface area contributed by atoms with Crippen molar-refractivity contribution in [2.24, 2.45) is 5.41 Å². The van der Waals surface area contributed by atoms with Crippen LogP contribution in [0.4, 0.5) is 11.4 Å². The molecule has 0 bridgehead atoms. The second-order valence-corrected chi connectivity index (χ2v) is 10.6. The number of anilines is 2. The summed E-state index contributed by atoms with van der Waals surface area (Å²) in [5, 5.41) is 9.18. The molecule has 0 aromatic heterocycles. The molecule has 33 heavy (non-hydrogen) atoms. The van der Waals surface area contributed by atoms with Crippen molar-refractivity contribution in [3.63, 3.8) is 0 Å². The molecule has 0 aliphatic carbocycles. The van der Waals surface area contributed by atoms with Gasteiger partial charge in [-0.15, -0.1) is 0 Å². The van der Waals surface area contributed by atoms with E-state index in [1.54, 1.807) is 38.4 Å². The fraction of sp³-hybridized carbons (Fsp3) is 0.423. The van der Waals surface area contributed by atoms with E-state index in [-0.39, 0.29) is 23.1 Å². The van der Waals surface area contributed by atoms with Crippen LogP contribution in [0.25, 0.3) is 0 Å². The first-order valence-electron chi connectivity index (χ1n) is 11.3. The molecule has 2 aromatic rings. The number of carbonyl (C=O) groups is 3. The smallest absolute Gasteiger partial charge is 0.253 e. The molecule has 3 amide bonds. The summed E-state index contributed by atoms with van der Waals surface area (Å²) >= 11 is 0. The summed E-state index contributed by atoms with van der Waals surface area (Å²) in [7, 11) is 3.39. The maximum Gasteiger partial charge on any atom is 0.253 e. The summed E-state index contributed by atoms with van der Waals surface area (Å²) in [6.07, 6.45) is 1.31. The van der Waals surface area contributed by atoms with Crippen LogP contribution in [-0.2, 0) is 21.4 Å². The number of fused-ring (bicyclic) bond motifs is 2. The lowest BCUT2D eigenvalue weighted by Crippen LogP contribution is -2.36. The lowest BCUT2D eigenvalue weighted by Gasteiger charge is -2.23. The highest BCUT2D eigenvalue weighted by Gasteiger charge is 2.53. The van der Waals surface area contributed by atoms with Gasteiger partial charge in [0.05, 0.1) is 11.5 Å². The van der Waals surface area contributed by atoms with E-state index < -0.39 is 11.5 Å². The van der Waals surface area contributed by atoms with Crippen LogP contribution in [0.2, 0.25) is 0 Å². The summed E-state index contributed by atoms with van der Waals surface area (Å²) in [4.78, 5) is 39.6. The Kier molecular flexibility index (Phi) is 5.78. The van der Waals surface area contributed by atoms with Crippen molar-refractivity contribution < 1.29 is 14.4 Å². The zero-order valence-electron chi connectivity index (χ0n) is 19.9. The number of rotatable bonds is 4. The molecule has 2 aromatic carbocycles. The second-order valence-electron chi connectivity index (χ2n) is 10.6. The zero-order chi connectivity index (χ0) is 24.0. The Hall–Kier alpha value is -3.19. The SMILES string of the molecule is CN(C)C(=O)c1ccc(NC(=O)C2CC3(CN2)C(=O)Nc2ccc(CC(C)(C)C)cc23)cc1. The van der Waals surface area contributed by atoms with E-state index in [0.29, 0.717) is 24.2 Å². The van der Waals surface area contributed by atoms with Crippen LogP contribution < -0.4 is 16.0 Å². The van der Waals surface area contributed by atoms with Crippen molar-refractivity contribution in [3.8, 4) is 0 Å². The molecule has 2 unspecified atom stereocenters. The van der Waals surface area contributed by atoms with Crippen LogP contribution >= 0.6 is 0 Å². The van der Waals surface area contributed by atoms with E-state index in [9.17, 15) is 14.4 Å². The predicted molar refractivity (Wildman–Crippen MR) is 129 cm³/mol. The molecule has 4 rings (SSSR count). The zero-order valence-corrected chi connectivity index (χ0v) is 19.9. The molecule has 0 saturated carbocycles. The minimum atomic E-state index is -0.743. The largest absolute Gasteiger partial charge is 0.345 e. The van der Waals surface area contributed by atoms with E-state index in [0.717, 1.165) is 17.7 Å². The molecule has 0 radical (unpaired) electrons. The molecule has 1 saturated heterocycles. The Bertz CT molecular complexity index is 1100. The van der Waals surface area contributed by atoms with Gasteiger partial charge in [-0.25, -0.2) is 0 Å². The minimum Gasteiger partial charge on any atom is -0.345 e. The molecule has 2 aliphatic rings. The molecule has 2 heterocycles. The van der Waals surface area contributed by atoms with Gasteiger partial charge in [-0.3, -0.25) is 14.4 Å². The lowest BCUT2D eigenvalue weighted by molar-refractivity contribution is -0.120. The van der Waals surface area contributed by atoms with Gasteiger partial charge in [0.1, 0.15) is 0 Å². The molecule has 1 spiro atoms. The molecule has 174 valence electrons. The molecule has 7 nitrogen and oxygen atoms in total. The number of hydrogen-bond donors (Lipinski definition) is 3. The van der Waals surface area contributed by atoms with Crippen molar-refractivity contribution in [1.29, 1.82) is 0 Å². The van der Waals surface area contributed by atoms with Crippen LogP contribution in [0.5, 0.6) is 0 Å². The van der Waals surface area contributed by atoms with E-state index in [1.807, 2.05) is 6.07 Å². The van der Waals surface area contributed by atoms with Gasteiger partial charge in [-0.05, 0) is 59.7 Å². The number of nitrogens with one attached hydrogen (secondary N) is 3. The highest BCUT2D eigenvalue weighted by atomic mass is 16.2. The Morgan fingerprint density at radius 3 is 2.45 bits per heavy atom. The Labute approximate surface area is 194 Å². The molecule has 3 N–H and O–H groups in total. The number of carbonyl (C=O) groups excluding carboxylic acids is 3. The van der Waals surface area contributed by atoms with Gasteiger partial charge in [0, 0.05) is 37.6 Å². The second kappa shape index (κ2) is 8.30. The van der Waals surface area contributed by atoms with Gasteiger partial charge >= 0.3 is 0 Å². The highest BCUT2D eigenvalue weighted by Crippen LogP contribution is 2.44. The summed E-state index contributed by atoms with van der Waals surface area (Å²) in [6.45, 7) is 7.00. The Morgan fingerprint density at radius 1 is 1.12 bits per heavy atom. The van der Waals surface area contributed by atoms with Gasteiger partial charge in [0.15, 0.2) is 0 Å². The normalized spacial score (nSPS) is 21.6. The molecule has 7 heteroatoms. The quantitative estimate of drug-likeness (QED) is 0.670. The third-order valence-corrected chi connectivity index (χ3v) is 6.34. The predicted octanol–water partition coefficient (Wildman–Crippen LogP) is 3.17. The highest BCUT2D eigenvalue weighted by molar-refractivity contribution is 6.08. The Balaban J connectivity index is 1.49. The number of benzene rings is 2. The summed E-state index contributed by atoms with van der Waals surface area (Å²) in [6, 6.07) is 12.5. The first-order chi connectivity index (χ1) is 15.5. The summed E-state index contributed by atoms with van der Waals surface area (Å²) in [5.74, 6) is -0.338. The van der Waals surface area contributed by atoms with Crippen LogP contribution in [0, 0.1) is 5.41 Å². The van der Waals surface area contributed by atoms with E-state index in [4.69, 9.17) is 0 Å². The van der Waals surface area contributed by atoms with E-state index >= 15 is 0 Å². The van der Waals surface area contributed by atoms with Crippen LogP contribution in [0.15, 0.2) is 42.5 Å². The van der Waals surface area contributed by atoms with E-state index in [2.05, 4.69) is 48.9 Å². The van der Waals surface area contributed by atoms with Crippen LogP contribution in [0.3, 0.4) is 0 Å². The maximum absolute atomic E-state index is 13.0. The average Bonchev–Trinajstić information content (AvgIpc) is 3.30. The van der Waals surface area contributed by atoms with Crippen LogP contribution in [0.1, 0.15) is 48.7 Å². The summed E-state index contributed by atoms with van der Waals surface area (Å²) < 4.78 is 0. The lowest BCUT2D eigenvalue weighted by atomic mass is 9.78. The third-order valence-electron chi connectivity index (χ3n) is 6.34. The maximum atomic E-state index is 13.0.